The lowest BCUT2D eigenvalue weighted by molar-refractivity contribution is 0.0994. The number of anilines is 1. The SMILES string of the molecule is C#Cc1cccc(N(C)C(=O)c2cnn3c(-c4ccccc4)ccnc23)c1. The van der Waals surface area contributed by atoms with Crippen LogP contribution in [-0.2, 0) is 0 Å². The van der Waals surface area contributed by atoms with Crippen molar-refractivity contribution in [1.82, 2.24) is 14.6 Å². The van der Waals surface area contributed by atoms with Crippen LogP contribution in [0.3, 0.4) is 0 Å². The summed E-state index contributed by atoms with van der Waals surface area (Å²) in [6, 6.07) is 19.0. The fourth-order valence-electron chi connectivity index (χ4n) is 2.97. The topological polar surface area (TPSA) is 50.5 Å². The number of terminal acetylenes is 1. The molecule has 27 heavy (non-hydrogen) atoms. The van der Waals surface area contributed by atoms with Crippen LogP contribution in [0.15, 0.2) is 73.1 Å². The predicted octanol–water partition coefficient (Wildman–Crippen LogP) is 3.65. The zero-order valence-corrected chi connectivity index (χ0v) is 14.7. The molecule has 4 aromatic rings. The summed E-state index contributed by atoms with van der Waals surface area (Å²) in [5.74, 6) is 2.39. The second kappa shape index (κ2) is 6.77. The molecule has 0 unspecified atom stereocenters. The van der Waals surface area contributed by atoms with Crippen molar-refractivity contribution in [3.63, 3.8) is 0 Å². The summed E-state index contributed by atoms with van der Waals surface area (Å²) in [5, 5.41) is 4.40. The van der Waals surface area contributed by atoms with Crippen molar-refractivity contribution in [2.75, 3.05) is 11.9 Å². The number of benzene rings is 2. The molecule has 5 nitrogen and oxygen atoms in total. The van der Waals surface area contributed by atoms with E-state index in [0.29, 0.717) is 16.9 Å². The number of hydrogen-bond donors (Lipinski definition) is 0. The predicted molar refractivity (Wildman–Crippen MR) is 106 cm³/mol. The van der Waals surface area contributed by atoms with Crippen molar-refractivity contribution in [3.05, 3.63) is 84.2 Å². The van der Waals surface area contributed by atoms with Crippen molar-refractivity contribution in [2.24, 2.45) is 0 Å². The molecule has 0 saturated carbocycles. The molecule has 0 aliphatic rings. The Hall–Kier alpha value is -3.91. The van der Waals surface area contributed by atoms with Gasteiger partial charge in [-0.05, 0) is 24.3 Å². The molecule has 130 valence electrons. The molecule has 0 spiro atoms. The molecular weight excluding hydrogens is 336 g/mol. The second-order valence-corrected chi connectivity index (χ2v) is 6.05. The van der Waals surface area contributed by atoms with Crippen molar-refractivity contribution < 1.29 is 4.79 Å². The first-order chi connectivity index (χ1) is 13.2. The molecular formula is C22H16N4O. The molecule has 2 aromatic carbocycles. The smallest absolute Gasteiger partial charge is 0.263 e. The van der Waals surface area contributed by atoms with Gasteiger partial charge in [-0.1, -0.05) is 42.3 Å². The van der Waals surface area contributed by atoms with Crippen LogP contribution in [0.5, 0.6) is 0 Å². The van der Waals surface area contributed by atoms with Gasteiger partial charge in [0.2, 0.25) is 0 Å². The summed E-state index contributed by atoms with van der Waals surface area (Å²) in [4.78, 5) is 19.0. The van der Waals surface area contributed by atoms with E-state index in [1.54, 1.807) is 34.9 Å². The number of nitrogens with zero attached hydrogens (tertiary/aromatic N) is 4. The van der Waals surface area contributed by atoms with Crippen molar-refractivity contribution in [1.29, 1.82) is 0 Å². The maximum absolute atomic E-state index is 13.0. The number of aromatic nitrogens is 3. The molecule has 1 amide bonds. The molecule has 0 aliphatic heterocycles. The lowest BCUT2D eigenvalue weighted by Gasteiger charge is -2.17. The van der Waals surface area contributed by atoms with Gasteiger partial charge in [0.25, 0.3) is 5.91 Å². The van der Waals surface area contributed by atoms with E-state index in [9.17, 15) is 4.79 Å². The Morgan fingerprint density at radius 1 is 1.11 bits per heavy atom. The molecule has 4 rings (SSSR count). The molecule has 0 fully saturated rings. The van der Waals surface area contributed by atoms with Gasteiger partial charge < -0.3 is 4.90 Å². The Morgan fingerprint density at radius 2 is 1.93 bits per heavy atom. The third-order valence-electron chi connectivity index (χ3n) is 4.41. The molecule has 2 aromatic heterocycles. The number of carbonyl (C=O) groups excluding carboxylic acids is 1. The van der Waals surface area contributed by atoms with Gasteiger partial charge in [-0.15, -0.1) is 6.42 Å². The summed E-state index contributed by atoms with van der Waals surface area (Å²) < 4.78 is 1.69. The van der Waals surface area contributed by atoms with Gasteiger partial charge in [-0.2, -0.15) is 5.10 Å². The average Bonchev–Trinajstić information content (AvgIpc) is 3.17. The molecule has 5 heteroatoms. The maximum Gasteiger partial charge on any atom is 0.263 e. The van der Waals surface area contributed by atoms with Gasteiger partial charge in [-0.25, -0.2) is 9.50 Å². The van der Waals surface area contributed by atoms with Crippen molar-refractivity contribution in [3.8, 4) is 23.6 Å². The normalized spacial score (nSPS) is 10.5. The number of fused-ring (bicyclic) bond motifs is 1. The van der Waals surface area contributed by atoms with Crippen molar-refractivity contribution >= 4 is 17.2 Å². The summed E-state index contributed by atoms with van der Waals surface area (Å²) >= 11 is 0. The van der Waals surface area contributed by atoms with Crippen LogP contribution in [0, 0.1) is 12.3 Å². The Bertz CT molecular complexity index is 1170. The molecule has 0 saturated heterocycles. The standard InChI is InChI=1S/C22H16N4O/c1-3-16-8-7-11-18(14-16)25(2)22(27)19-15-24-26-20(12-13-23-21(19)26)17-9-5-4-6-10-17/h1,4-15H,2H3. The minimum atomic E-state index is -0.197. The number of amides is 1. The van der Waals surface area contributed by atoms with E-state index in [0.717, 1.165) is 16.8 Å². The summed E-state index contributed by atoms with van der Waals surface area (Å²) in [5.41, 5.74) is 4.26. The zero-order valence-electron chi connectivity index (χ0n) is 14.7. The minimum Gasteiger partial charge on any atom is -0.311 e. The molecule has 0 radical (unpaired) electrons. The summed E-state index contributed by atoms with van der Waals surface area (Å²) in [6.07, 6.45) is 8.70. The zero-order chi connectivity index (χ0) is 18.8. The highest BCUT2D eigenvalue weighted by Gasteiger charge is 2.20. The minimum absolute atomic E-state index is 0.197. The van der Waals surface area contributed by atoms with Crippen LogP contribution >= 0.6 is 0 Å². The Kier molecular flexibility index (Phi) is 4.15. The second-order valence-electron chi connectivity index (χ2n) is 6.05. The lowest BCUT2D eigenvalue weighted by atomic mass is 10.1. The van der Waals surface area contributed by atoms with E-state index in [-0.39, 0.29) is 5.91 Å². The van der Waals surface area contributed by atoms with Gasteiger partial charge in [0.05, 0.1) is 11.9 Å². The molecule has 2 heterocycles. The summed E-state index contributed by atoms with van der Waals surface area (Å²) in [7, 11) is 1.71. The first-order valence-corrected chi connectivity index (χ1v) is 8.42. The van der Waals surface area contributed by atoms with Crippen LogP contribution in [0.2, 0.25) is 0 Å². The van der Waals surface area contributed by atoms with Crippen LogP contribution in [-0.4, -0.2) is 27.6 Å². The van der Waals surface area contributed by atoms with Crippen molar-refractivity contribution in [2.45, 2.75) is 0 Å². The Balaban J connectivity index is 1.76. The molecule has 0 bridgehead atoms. The highest BCUT2D eigenvalue weighted by molar-refractivity contribution is 6.09. The van der Waals surface area contributed by atoms with Crippen LogP contribution in [0.25, 0.3) is 16.9 Å². The molecule has 0 atom stereocenters. The van der Waals surface area contributed by atoms with Gasteiger partial charge in [0.15, 0.2) is 5.65 Å². The van der Waals surface area contributed by atoms with Gasteiger partial charge in [0, 0.05) is 30.1 Å². The highest BCUT2D eigenvalue weighted by Crippen LogP contribution is 2.23. The van der Waals surface area contributed by atoms with Gasteiger partial charge in [0.1, 0.15) is 5.56 Å². The van der Waals surface area contributed by atoms with E-state index >= 15 is 0 Å². The molecule has 0 aliphatic carbocycles. The third-order valence-corrected chi connectivity index (χ3v) is 4.41. The monoisotopic (exact) mass is 352 g/mol. The average molecular weight is 352 g/mol. The van der Waals surface area contributed by atoms with Crippen LogP contribution < -0.4 is 4.90 Å². The van der Waals surface area contributed by atoms with Crippen LogP contribution in [0.4, 0.5) is 5.69 Å². The van der Waals surface area contributed by atoms with E-state index in [4.69, 9.17) is 6.42 Å². The van der Waals surface area contributed by atoms with Gasteiger partial charge >= 0.3 is 0 Å². The first kappa shape index (κ1) is 16.6. The summed E-state index contributed by atoms with van der Waals surface area (Å²) in [6.45, 7) is 0. The first-order valence-electron chi connectivity index (χ1n) is 8.42. The molecule has 0 N–H and O–H groups in total. The van der Waals surface area contributed by atoms with E-state index in [2.05, 4.69) is 16.0 Å². The van der Waals surface area contributed by atoms with Gasteiger partial charge in [-0.3, -0.25) is 4.79 Å². The largest absolute Gasteiger partial charge is 0.311 e. The number of hydrogen-bond acceptors (Lipinski definition) is 3. The van der Waals surface area contributed by atoms with E-state index in [1.165, 1.54) is 0 Å². The van der Waals surface area contributed by atoms with E-state index in [1.807, 2.05) is 54.6 Å². The lowest BCUT2D eigenvalue weighted by Crippen LogP contribution is -2.26. The maximum atomic E-state index is 13.0. The number of carbonyl (C=O) groups is 1. The fourth-order valence-corrected chi connectivity index (χ4v) is 2.97. The van der Waals surface area contributed by atoms with E-state index < -0.39 is 0 Å². The Labute approximate surface area is 156 Å². The highest BCUT2D eigenvalue weighted by atomic mass is 16.2. The number of rotatable bonds is 3. The van der Waals surface area contributed by atoms with Crippen LogP contribution in [0.1, 0.15) is 15.9 Å². The Morgan fingerprint density at radius 3 is 2.70 bits per heavy atom. The third kappa shape index (κ3) is 2.94. The fraction of sp³-hybridized carbons (Fsp3) is 0.0455. The quantitative estimate of drug-likeness (QED) is 0.529.